The van der Waals surface area contributed by atoms with Gasteiger partial charge in [-0.25, -0.2) is 9.37 Å². The molecule has 3 aromatic rings. The van der Waals surface area contributed by atoms with E-state index >= 15 is 0 Å². The van der Waals surface area contributed by atoms with Crippen molar-refractivity contribution in [1.82, 2.24) is 9.88 Å². The van der Waals surface area contributed by atoms with Crippen molar-refractivity contribution in [3.63, 3.8) is 0 Å². The number of rotatable bonds is 8. The van der Waals surface area contributed by atoms with E-state index in [1.54, 1.807) is 4.90 Å². The van der Waals surface area contributed by atoms with E-state index in [4.69, 9.17) is 9.47 Å². The van der Waals surface area contributed by atoms with Gasteiger partial charge in [0.25, 0.3) is 5.91 Å². The number of fused-ring (bicyclic) bond motifs is 1. The van der Waals surface area contributed by atoms with Gasteiger partial charge in [0, 0.05) is 30.7 Å². The molecule has 0 aliphatic carbocycles. The molecule has 10 heteroatoms. The largest absolute Gasteiger partial charge is 0.484 e. The van der Waals surface area contributed by atoms with Crippen molar-refractivity contribution in [2.24, 2.45) is 0 Å². The number of morpholine rings is 1. The number of amides is 1. The number of aromatic nitrogens is 1. The summed E-state index contributed by atoms with van der Waals surface area (Å²) in [5.41, 5.74) is 0.855. The Bertz CT molecular complexity index is 1030. The second-order valence-corrected chi connectivity index (χ2v) is 9.13. The molecule has 1 aliphatic heterocycles. The number of ether oxygens (including phenoxy) is 2. The van der Waals surface area contributed by atoms with Crippen LogP contribution >= 0.6 is 39.7 Å². The Kier molecular flexibility index (Phi) is 9.24. The van der Waals surface area contributed by atoms with Crippen molar-refractivity contribution in [3.05, 3.63) is 52.8 Å². The van der Waals surface area contributed by atoms with Crippen molar-refractivity contribution in [3.8, 4) is 5.75 Å². The highest BCUT2D eigenvalue weighted by Crippen LogP contribution is 2.31. The topological polar surface area (TPSA) is 54.9 Å². The van der Waals surface area contributed by atoms with Gasteiger partial charge in [0.2, 0.25) is 0 Å². The third-order valence-electron chi connectivity index (χ3n) is 5.01. The standard InChI is InChI=1S/C22H23BrFN3O3S.ClH/c23-16-2-7-19-20(14-16)31-22(25-19)27(9-1-8-26-10-12-29-13-11-26)21(28)15-30-18-5-3-17(24)4-6-18;/h2-7,14H,1,8-13,15H2;1H. The van der Waals surface area contributed by atoms with Crippen LogP contribution in [-0.4, -0.2) is 61.8 Å². The lowest BCUT2D eigenvalue weighted by Gasteiger charge is -2.27. The highest BCUT2D eigenvalue weighted by atomic mass is 79.9. The van der Waals surface area contributed by atoms with Crippen LogP contribution in [0.3, 0.4) is 0 Å². The van der Waals surface area contributed by atoms with Gasteiger partial charge in [0.05, 0.1) is 23.4 Å². The molecule has 0 saturated carbocycles. The number of anilines is 1. The third kappa shape index (κ3) is 6.62. The highest BCUT2D eigenvalue weighted by molar-refractivity contribution is 9.10. The second kappa shape index (κ2) is 11.9. The van der Waals surface area contributed by atoms with Crippen LogP contribution in [0.4, 0.5) is 9.52 Å². The number of halogens is 3. The number of carbonyl (C=O) groups is 1. The number of hydrogen-bond donors (Lipinski definition) is 0. The molecule has 0 spiro atoms. The summed E-state index contributed by atoms with van der Waals surface area (Å²) < 4.78 is 26.1. The maximum absolute atomic E-state index is 13.1. The van der Waals surface area contributed by atoms with Crippen LogP contribution in [0.2, 0.25) is 0 Å². The average molecular weight is 545 g/mol. The fourth-order valence-corrected chi connectivity index (χ4v) is 4.92. The molecule has 0 unspecified atom stereocenters. The molecule has 0 N–H and O–H groups in total. The summed E-state index contributed by atoms with van der Waals surface area (Å²) in [6.45, 7) is 4.63. The van der Waals surface area contributed by atoms with Gasteiger partial charge in [0.15, 0.2) is 11.7 Å². The molecule has 6 nitrogen and oxygen atoms in total. The zero-order chi connectivity index (χ0) is 21.6. The Labute approximate surface area is 204 Å². The number of thiazole rings is 1. The first kappa shape index (κ1) is 24.9. The van der Waals surface area contributed by atoms with Gasteiger partial charge in [-0.05, 0) is 48.9 Å². The van der Waals surface area contributed by atoms with E-state index in [2.05, 4.69) is 25.8 Å². The van der Waals surface area contributed by atoms with Gasteiger partial charge < -0.3 is 9.47 Å². The normalized spacial score (nSPS) is 14.2. The zero-order valence-electron chi connectivity index (χ0n) is 17.3. The van der Waals surface area contributed by atoms with Crippen LogP contribution in [0.5, 0.6) is 5.75 Å². The number of hydrogen-bond acceptors (Lipinski definition) is 6. The molecule has 1 fully saturated rings. The number of carbonyl (C=O) groups excluding carboxylic acids is 1. The summed E-state index contributed by atoms with van der Waals surface area (Å²) in [6.07, 6.45) is 0.821. The Morgan fingerprint density at radius 2 is 1.97 bits per heavy atom. The monoisotopic (exact) mass is 543 g/mol. The molecular formula is C22H24BrClFN3O3S. The van der Waals surface area contributed by atoms with Crippen molar-refractivity contribution < 1.29 is 18.7 Å². The predicted molar refractivity (Wildman–Crippen MR) is 131 cm³/mol. The van der Waals surface area contributed by atoms with Gasteiger partial charge >= 0.3 is 0 Å². The molecule has 1 aliphatic rings. The Balaban J connectivity index is 0.00000289. The van der Waals surface area contributed by atoms with Crippen LogP contribution in [0.25, 0.3) is 10.2 Å². The maximum atomic E-state index is 13.1. The molecule has 0 atom stereocenters. The summed E-state index contributed by atoms with van der Waals surface area (Å²) in [5, 5.41) is 0.655. The van der Waals surface area contributed by atoms with E-state index in [0.717, 1.165) is 54.0 Å². The van der Waals surface area contributed by atoms with Crippen molar-refractivity contribution in [1.29, 1.82) is 0 Å². The fourth-order valence-electron chi connectivity index (χ4n) is 3.36. The lowest BCUT2D eigenvalue weighted by Crippen LogP contribution is -2.40. The molecule has 172 valence electrons. The van der Waals surface area contributed by atoms with E-state index in [-0.39, 0.29) is 30.7 Å². The molecule has 2 heterocycles. The van der Waals surface area contributed by atoms with Crippen molar-refractivity contribution in [2.75, 3.05) is 50.9 Å². The minimum Gasteiger partial charge on any atom is -0.484 e. The fraction of sp³-hybridized carbons (Fsp3) is 0.364. The van der Waals surface area contributed by atoms with Crippen LogP contribution in [0, 0.1) is 5.82 Å². The Morgan fingerprint density at radius 1 is 1.22 bits per heavy atom. The minimum atomic E-state index is -0.343. The predicted octanol–water partition coefficient (Wildman–Crippen LogP) is 4.75. The van der Waals surface area contributed by atoms with Crippen LogP contribution < -0.4 is 9.64 Å². The summed E-state index contributed by atoms with van der Waals surface area (Å²) in [5.74, 6) is -0.0651. The smallest absolute Gasteiger partial charge is 0.266 e. The van der Waals surface area contributed by atoms with Gasteiger partial charge in [-0.1, -0.05) is 27.3 Å². The average Bonchev–Trinajstić information content (AvgIpc) is 3.19. The van der Waals surface area contributed by atoms with Crippen molar-refractivity contribution >= 4 is 60.9 Å². The Hall–Kier alpha value is -1.78. The van der Waals surface area contributed by atoms with Crippen LogP contribution in [0.1, 0.15) is 6.42 Å². The molecule has 0 radical (unpaired) electrons. The molecular weight excluding hydrogens is 521 g/mol. The summed E-state index contributed by atoms with van der Waals surface area (Å²) in [6, 6.07) is 11.5. The van der Waals surface area contributed by atoms with Crippen LogP contribution in [0.15, 0.2) is 46.9 Å². The summed E-state index contributed by atoms with van der Waals surface area (Å²) in [7, 11) is 0. The third-order valence-corrected chi connectivity index (χ3v) is 6.54. The van der Waals surface area contributed by atoms with E-state index in [1.165, 1.54) is 35.6 Å². The van der Waals surface area contributed by atoms with Gasteiger partial charge in [-0.3, -0.25) is 14.6 Å². The first-order valence-corrected chi connectivity index (χ1v) is 11.7. The van der Waals surface area contributed by atoms with E-state index in [9.17, 15) is 9.18 Å². The molecule has 1 saturated heterocycles. The first-order chi connectivity index (χ1) is 15.1. The number of benzene rings is 2. The van der Waals surface area contributed by atoms with E-state index in [0.29, 0.717) is 17.4 Å². The molecule has 0 bridgehead atoms. The van der Waals surface area contributed by atoms with Crippen molar-refractivity contribution in [2.45, 2.75) is 6.42 Å². The number of nitrogens with zero attached hydrogens (tertiary/aromatic N) is 3. The minimum absolute atomic E-state index is 0. The second-order valence-electron chi connectivity index (χ2n) is 7.20. The lowest BCUT2D eigenvalue weighted by molar-refractivity contribution is -0.120. The van der Waals surface area contributed by atoms with Gasteiger partial charge in [-0.15, -0.1) is 12.4 Å². The molecule has 1 aromatic heterocycles. The summed E-state index contributed by atoms with van der Waals surface area (Å²) >= 11 is 4.97. The Morgan fingerprint density at radius 3 is 2.72 bits per heavy atom. The molecule has 2 aromatic carbocycles. The van der Waals surface area contributed by atoms with E-state index < -0.39 is 0 Å². The quantitative estimate of drug-likeness (QED) is 0.410. The first-order valence-electron chi connectivity index (χ1n) is 10.1. The van der Waals surface area contributed by atoms with E-state index in [1.807, 2.05) is 18.2 Å². The lowest BCUT2D eigenvalue weighted by atomic mass is 10.3. The molecule has 1 amide bonds. The van der Waals surface area contributed by atoms with Crippen LogP contribution in [-0.2, 0) is 9.53 Å². The van der Waals surface area contributed by atoms with Gasteiger partial charge in [0.1, 0.15) is 11.6 Å². The zero-order valence-corrected chi connectivity index (χ0v) is 20.6. The maximum Gasteiger partial charge on any atom is 0.266 e. The summed E-state index contributed by atoms with van der Waals surface area (Å²) in [4.78, 5) is 21.8. The SMILES string of the molecule is Cl.O=C(COc1ccc(F)cc1)N(CCCN1CCOCC1)c1nc2ccc(Br)cc2s1. The van der Waals surface area contributed by atoms with Gasteiger partial charge in [-0.2, -0.15) is 0 Å². The molecule has 32 heavy (non-hydrogen) atoms. The molecule has 4 rings (SSSR count). The highest BCUT2D eigenvalue weighted by Gasteiger charge is 2.21.